The molecule has 47 heavy (non-hydrogen) atoms. The van der Waals surface area contributed by atoms with Crippen molar-refractivity contribution in [1.29, 1.82) is 0 Å². The maximum absolute atomic E-state index is 13.3. The Bertz CT molecular complexity index is 1740. The van der Waals surface area contributed by atoms with Crippen molar-refractivity contribution in [2.45, 2.75) is 25.4 Å². The zero-order valence-electron chi connectivity index (χ0n) is 26.4. The summed E-state index contributed by atoms with van der Waals surface area (Å²) in [5.74, 6) is 0.117. The molecule has 0 unspecified atom stereocenters. The summed E-state index contributed by atoms with van der Waals surface area (Å²) in [5, 5.41) is 3.24. The SMILES string of the molecule is COC(=O)[C@H](Cc1ccc(OCCN(Cc2ccccc2)C(=O)Cc2ccccc2)cc1)Nc1ccccc1C(=O)c1ccccc1. The largest absolute Gasteiger partial charge is 0.492 e. The van der Waals surface area contributed by atoms with Crippen molar-refractivity contribution in [1.82, 2.24) is 4.90 Å². The number of ether oxygens (including phenoxy) is 2. The van der Waals surface area contributed by atoms with Crippen LogP contribution in [-0.4, -0.2) is 48.9 Å². The number of carbonyl (C=O) groups is 3. The molecule has 0 saturated heterocycles. The Morgan fingerprint density at radius 1 is 0.681 bits per heavy atom. The van der Waals surface area contributed by atoms with Gasteiger partial charge in [0.15, 0.2) is 5.78 Å². The second kappa shape index (κ2) is 16.6. The topological polar surface area (TPSA) is 84.9 Å². The molecule has 5 rings (SSSR count). The highest BCUT2D eigenvalue weighted by Crippen LogP contribution is 2.22. The number of anilines is 1. The van der Waals surface area contributed by atoms with Crippen molar-refractivity contribution in [3.63, 3.8) is 0 Å². The van der Waals surface area contributed by atoms with E-state index in [0.29, 0.717) is 55.1 Å². The maximum Gasteiger partial charge on any atom is 0.328 e. The second-order valence-corrected chi connectivity index (χ2v) is 11.1. The van der Waals surface area contributed by atoms with Gasteiger partial charge in [0, 0.05) is 29.8 Å². The Morgan fingerprint density at radius 2 is 1.28 bits per heavy atom. The first-order chi connectivity index (χ1) is 23.0. The van der Waals surface area contributed by atoms with Crippen LogP contribution >= 0.6 is 0 Å². The Kier molecular flexibility index (Phi) is 11.5. The predicted molar refractivity (Wildman–Crippen MR) is 183 cm³/mol. The molecule has 0 spiro atoms. The van der Waals surface area contributed by atoms with Crippen molar-refractivity contribution >= 4 is 23.3 Å². The Hall–Kier alpha value is -5.69. The molecular formula is C40H38N2O5. The van der Waals surface area contributed by atoms with E-state index in [1.54, 1.807) is 30.3 Å². The van der Waals surface area contributed by atoms with Gasteiger partial charge in [-0.3, -0.25) is 9.59 Å². The minimum absolute atomic E-state index is 0.0346. The first-order valence-corrected chi connectivity index (χ1v) is 15.6. The molecule has 5 aromatic rings. The van der Waals surface area contributed by atoms with Crippen LogP contribution in [0.2, 0.25) is 0 Å². The summed E-state index contributed by atoms with van der Waals surface area (Å²) in [6.45, 7) is 1.25. The molecule has 0 aliphatic rings. The standard InChI is InChI=1S/C40H38N2O5/c1-46-40(45)37(41-36-20-12-11-19-35(36)39(44)33-17-9-4-10-18-33)27-31-21-23-34(24-22-31)47-26-25-42(29-32-15-7-3-8-16-32)38(43)28-30-13-5-2-6-14-30/h2-24,37,41H,25-29H2,1H3/t37-/m0/s1. The number of carbonyl (C=O) groups excluding carboxylic acids is 3. The summed E-state index contributed by atoms with van der Waals surface area (Å²) >= 11 is 0. The summed E-state index contributed by atoms with van der Waals surface area (Å²) in [6, 6.07) is 42.6. The molecule has 238 valence electrons. The second-order valence-electron chi connectivity index (χ2n) is 11.1. The van der Waals surface area contributed by atoms with Gasteiger partial charge in [0.05, 0.1) is 20.1 Å². The van der Waals surface area contributed by atoms with E-state index in [1.165, 1.54) is 7.11 Å². The zero-order valence-corrected chi connectivity index (χ0v) is 26.4. The molecule has 1 atom stereocenters. The first kappa shape index (κ1) is 32.7. The highest BCUT2D eigenvalue weighted by Gasteiger charge is 2.23. The van der Waals surface area contributed by atoms with Gasteiger partial charge in [-0.2, -0.15) is 0 Å². The molecule has 7 heteroatoms. The van der Waals surface area contributed by atoms with Gasteiger partial charge >= 0.3 is 5.97 Å². The summed E-state index contributed by atoms with van der Waals surface area (Å²) < 4.78 is 11.1. The van der Waals surface area contributed by atoms with Crippen LogP contribution < -0.4 is 10.1 Å². The van der Waals surface area contributed by atoms with Gasteiger partial charge < -0.3 is 19.7 Å². The number of hydrogen-bond acceptors (Lipinski definition) is 6. The molecule has 5 aromatic carbocycles. The Balaban J connectivity index is 1.21. The number of rotatable bonds is 15. The number of nitrogens with zero attached hydrogens (tertiary/aromatic N) is 1. The van der Waals surface area contributed by atoms with E-state index in [0.717, 1.165) is 16.7 Å². The monoisotopic (exact) mass is 626 g/mol. The lowest BCUT2D eigenvalue weighted by atomic mass is 10.00. The Labute approximate surface area is 275 Å². The average molecular weight is 627 g/mol. The van der Waals surface area contributed by atoms with Gasteiger partial charge in [-0.15, -0.1) is 0 Å². The first-order valence-electron chi connectivity index (χ1n) is 15.6. The average Bonchev–Trinajstić information content (AvgIpc) is 3.12. The van der Waals surface area contributed by atoms with Gasteiger partial charge in [0.2, 0.25) is 5.91 Å². The third-order valence-electron chi connectivity index (χ3n) is 7.78. The van der Waals surface area contributed by atoms with Crippen molar-refractivity contribution in [3.8, 4) is 5.75 Å². The summed E-state index contributed by atoms with van der Waals surface area (Å²) in [4.78, 5) is 41.1. The number of methoxy groups -OCH3 is 1. The van der Waals surface area contributed by atoms with E-state index in [4.69, 9.17) is 9.47 Å². The molecule has 0 bridgehead atoms. The minimum atomic E-state index is -0.723. The van der Waals surface area contributed by atoms with E-state index < -0.39 is 12.0 Å². The third-order valence-corrected chi connectivity index (χ3v) is 7.78. The number of hydrogen-bond donors (Lipinski definition) is 1. The fourth-order valence-electron chi connectivity index (χ4n) is 5.28. The number of nitrogens with one attached hydrogen (secondary N) is 1. The third kappa shape index (κ3) is 9.41. The van der Waals surface area contributed by atoms with E-state index in [-0.39, 0.29) is 11.7 Å². The normalized spacial score (nSPS) is 11.3. The molecule has 0 radical (unpaired) electrons. The van der Waals surface area contributed by atoms with E-state index in [2.05, 4.69) is 5.32 Å². The highest BCUT2D eigenvalue weighted by atomic mass is 16.5. The lowest BCUT2D eigenvalue weighted by Gasteiger charge is -2.23. The lowest BCUT2D eigenvalue weighted by Crippen LogP contribution is -2.35. The van der Waals surface area contributed by atoms with Crippen molar-refractivity contribution in [2.24, 2.45) is 0 Å². The number of para-hydroxylation sites is 1. The number of ketones is 1. The van der Waals surface area contributed by atoms with E-state index in [9.17, 15) is 14.4 Å². The molecule has 0 heterocycles. The van der Waals surface area contributed by atoms with Gasteiger partial charge in [0.25, 0.3) is 0 Å². The molecule has 7 nitrogen and oxygen atoms in total. The summed E-state index contributed by atoms with van der Waals surface area (Å²) in [5.41, 5.74) is 4.50. The van der Waals surface area contributed by atoms with E-state index >= 15 is 0 Å². The summed E-state index contributed by atoms with van der Waals surface area (Å²) in [6.07, 6.45) is 0.655. The zero-order chi connectivity index (χ0) is 32.8. The number of benzene rings is 5. The van der Waals surface area contributed by atoms with Gasteiger partial charge in [-0.05, 0) is 41.0 Å². The van der Waals surface area contributed by atoms with Crippen LogP contribution in [0.5, 0.6) is 5.75 Å². The van der Waals surface area contributed by atoms with Crippen LogP contribution in [0.4, 0.5) is 5.69 Å². The van der Waals surface area contributed by atoms with Gasteiger partial charge in [-0.25, -0.2) is 4.79 Å². The fourth-order valence-corrected chi connectivity index (χ4v) is 5.28. The van der Waals surface area contributed by atoms with Crippen molar-refractivity contribution < 1.29 is 23.9 Å². The van der Waals surface area contributed by atoms with Crippen LogP contribution in [0.3, 0.4) is 0 Å². The van der Waals surface area contributed by atoms with Crippen LogP contribution in [0.25, 0.3) is 0 Å². The quantitative estimate of drug-likeness (QED) is 0.102. The number of amides is 1. The molecular weight excluding hydrogens is 588 g/mol. The van der Waals surface area contributed by atoms with Gasteiger partial charge in [0.1, 0.15) is 18.4 Å². The fraction of sp³-hybridized carbons (Fsp3) is 0.175. The molecule has 0 fully saturated rings. The molecule has 1 amide bonds. The lowest BCUT2D eigenvalue weighted by molar-refractivity contribution is -0.141. The summed E-state index contributed by atoms with van der Waals surface area (Å²) in [7, 11) is 1.35. The smallest absolute Gasteiger partial charge is 0.328 e. The van der Waals surface area contributed by atoms with Crippen LogP contribution in [-0.2, 0) is 33.7 Å². The van der Waals surface area contributed by atoms with Crippen molar-refractivity contribution in [3.05, 3.63) is 167 Å². The molecule has 0 aliphatic carbocycles. The van der Waals surface area contributed by atoms with Crippen LogP contribution in [0.1, 0.15) is 32.6 Å². The van der Waals surface area contributed by atoms with Crippen molar-refractivity contribution in [2.75, 3.05) is 25.6 Å². The molecule has 1 N–H and O–H groups in total. The number of esters is 1. The molecule has 0 saturated carbocycles. The van der Waals surface area contributed by atoms with Gasteiger partial charge in [-0.1, -0.05) is 115 Å². The molecule has 0 aliphatic heterocycles. The molecule has 0 aromatic heterocycles. The maximum atomic E-state index is 13.3. The highest BCUT2D eigenvalue weighted by molar-refractivity contribution is 6.12. The predicted octanol–water partition coefficient (Wildman–Crippen LogP) is 6.76. The van der Waals surface area contributed by atoms with E-state index in [1.807, 2.05) is 114 Å². The Morgan fingerprint density at radius 3 is 1.94 bits per heavy atom. The van der Waals surface area contributed by atoms with Crippen LogP contribution in [0.15, 0.2) is 140 Å². The van der Waals surface area contributed by atoms with Crippen LogP contribution in [0, 0.1) is 0 Å². The minimum Gasteiger partial charge on any atom is -0.492 e.